The van der Waals surface area contributed by atoms with Crippen molar-refractivity contribution >= 4 is 29.2 Å². The van der Waals surface area contributed by atoms with Crippen molar-refractivity contribution < 1.29 is 27.8 Å². The lowest BCUT2D eigenvalue weighted by Crippen LogP contribution is -2.37. The number of carbonyl (C=O) groups excluding carboxylic acids is 1. The first-order valence-electron chi connectivity index (χ1n) is 10.0. The highest BCUT2D eigenvalue weighted by Gasteiger charge is 2.21. The van der Waals surface area contributed by atoms with Crippen LogP contribution in [0, 0.1) is 11.6 Å². The number of carbonyl (C=O) groups is 1. The van der Waals surface area contributed by atoms with Gasteiger partial charge in [-0.1, -0.05) is 0 Å². The maximum absolute atomic E-state index is 13.4. The summed E-state index contributed by atoms with van der Waals surface area (Å²) in [5.41, 5.74) is 0.807. The molecule has 2 aromatic rings. The second kappa shape index (κ2) is 10.4. The highest BCUT2D eigenvalue weighted by Crippen LogP contribution is 2.29. The molecule has 0 aliphatic carbocycles. The van der Waals surface area contributed by atoms with Crippen LogP contribution in [-0.2, 0) is 25.4 Å². The van der Waals surface area contributed by atoms with E-state index in [-0.39, 0.29) is 24.2 Å². The summed E-state index contributed by atoms with van der Waals surface area (Å²) in [7, 11) is 0. The summed E-state index contributed by atoms with van der Waals surface area (Å²) >= 11 is 1.51. The molecule has 2 saturated heterocycles. The van der Waals surface area contributed by atoms with Crippen molar-refractivity contribution in [2.45, 2.75) is 17.7 Å². The molecule has 1 amide bonds. The van der Waals surface area contributed by atoms with Gasteiger partial charge in [0.25, 0.3) is 0 Å². The Hall–Kier alpha value is -2.27. The zero-order valence-corrected chi connectivity index (χ0v) is 17.6. The molecule has 2 aliphatic rings. The Kier molecular flexibility index (Phi) is 7.33. The van der Waals surface area contributed by atoms with E-state index in [9.17, 15) is 13.6 Å². The number of aromatic nitrogens is 1. The molecule has 4 rings (SSSR count). The maximum atomic E-state index is 13.4. The first-order chi connectivity index (χ1) is 15.1. The number of hydrogen-bond acceptors (Lipinski definition) is 7. The largest absolute Gasteiger partial charge is 0.378 e. The van der Waals surface area contributed by atoms with E-state index < -0.39 is 11.6 Å². The summed E-state index contributed by atoms with van der Waals surface area (Å²) in [6, 6.07) is 6.69. The van der Waals surface area contributed by atoms with Crippen LogP contribution in [0.15, 0.2) is 35.4 Å². The van der Waals surface area contributed by atoms with Gasteiger partial charge in [0, 0.05) is 19.2 Å². The van der Waals surface area contributed by atoms with Crippen LogP contribution in [0.2, 0.25) is 0 Å². The number of anilines is 2. The van der Waals surface area contributed by atoms with Crippen LogP contribution < -0.4 is 10.2 Å². The number of ether oxygens (including phenoxy) is 3. The van der Waals surface area contributed by atoms with Gasteiger partial charge >= 0.3 is 0 Å². The molecule has 10 heteroatoms. The number of thioether (sulfide) groups is 1. The molecule has 1 aromatic carbocycles. The number of amides is 1. The van der Waals surface area contributed by atoms with Crippen molar-refractivity contribution in [1.82, 2.24) is 4.98 Å². The fourth-order valence-corrected chi connectivity index (χ4v) is 4.19. The highest BCUT2D eigenvalue weighted by molar-refractivity contribution is 7.99. The molecule has 0 unspecified atom stereocenters. The molecule has 7 nitrogen and oxygen atoms in total. The topological polar surface area (TPSA) is 72.9 Å². The molecule has 0 radical (unpaired) electrons. The predicted molar refractivity (Wildman–Crippen MR) is 112 cm³/mol. The number of morpholine rings is 1. The summed E-state index contributed by atoms with van der Waals surface area (Å²) in [5, 5.41) is 3.62. The van der Waals surface area contributed by atoms with Gasteiger partial charge in [0.05, 0.1) is 49.3 Å². The monoisotopic (exact) mass is 451 g/mol. The fourth-order valence-electron chi connectivity index (χ4n) is 3.37. The SMILES string of the molecule is O=C(Cc1cc(F)cc(F)c1)Nc1ccc(SCC2OCCO2)nc1N1CCOCC1. The first-order valence-corrected chi connectivity index (χ1v) is 11.0. The quantitative estimate of drug-likeness (QED) is 0.649. The van der Waals surface area contributed by atoms with Crippen LogP contribution in [0.1, 0.15) is 5.56 Å². The van der Waals surface area contributed by atoms with Crippen LogP contribution in [0.25, 0.3) is 0 Å². The van der Waals surface area contributed by atoms with E-state index in [0.29, 0.717) is 56.8 Å². The molecular weight excluding hydrogens is 428 g/mol. The van der Waals surface area contributed by atoms with Crippen LogP contribution in [0.5, 0.6) is 0 Å². The third-order valence-electron chi connectivity index (χ3n) is 4.78. The van der Waals surface area contributed by atoms with Crippen molar-refractivity contribution in [1.29, 1.82) is 0 Å². The van der Waals surface area contributed by atoms with Crippen LogP contribution in [-0.4, -0.2) is 62.5 Å². The average molecular weight is 451 g/mol. The molecular formula is C21H23F2N3O4S. The van der Waals surface area contributed by atoms with Crippen LogP contribution in [0.3, 0.4) is 0 Å². The standard InChI is InChI=1S/C21H23F2N3O4S/c22-15-9-14(10-16(23)12-15)11-18(27)24-17-1-2-19(31-13-20-29-7-8-30-20)25-21(17)26-3-5-28-6-4-26/h1-2,9-10,12,20H,3-8,11,13H2,(H,24,27). The minimum atomic E-state index is -0.713. The van der Waals surface area contributed by atoms with Gasteiger partial charge in [-0.3, -0.25) is 4.79 Å². The highest BCUT2D eigenvalue weighted by atomic mass is 32.2. The molecule has 1 N–H and O–H groups in total. The number of benzene rings is 1. The van der Waals surface area contributed by atoms with E-state index in [2.05, 4.69) is 5.32 Å². The summed E-state index contributed by atoms with van der Waals surface area (Å²) in [6.45, 7) is 3.62. The van der Waals surface area contributed by atoms with E-state index in [0.717, 1.165) is 23.2 Å². The number of rotatable bonds is 7. The second-order valence-corrected chi connectivity index (χ2v) is 8.15. The Morgan fingerprint density at radius 1 is 1.10 bits per heavy atom. The van der Waals surface area contributed by atoms with Gasteiger partial charge in [-0.2, -0.15) is 0 Å². The number of halogens is 2. The van der Waals surface area contributed by atoms with E-state index >= 15 is 0 Å². The Bertz CT molecular complexity index is 901. The fraction of sp³-hybridized carbons (Fsp3) is 0.429. The number of hydrogen-bond donors (Lipinski definition) is 1. The zero-order chi connectivity index (χ0) is 21.6. The molecule has 0 spiro atoms. The van der Waals surface area contributed by atoms with Gasteiger partial charge in [0.15, 0.2) is 12.1 Å². The Labute approximate surface area is 183 Å². The molecule has 2 fully saturated rings. The summed E-state index contributed by atoms with van der Waals surface area (Å²) < 4.78 is 43.2. The molecule has 31 heavy (non-hydrogen) atoms. The molecule has 1 aromatic heterocycles. The second-order valence-electron chi connectivity index (χ2n) is 7.10. The average Bonchev–Trinajstić information content (AvgIpc) is 3.26. The Morgan fingerprint density at radius 2 is 1.81 bits per heavy atom. The summed E-state index contributed by atoms with van der Waals surface area (Å²) in [4.78, 5) is 19.3. The van der Waals surface area contributed by atoms with Crippen molar-refractivity contribution in [3.05, 3.63) is 47.5 Å². The number of nitrogens with zero attached hydrogens (tertiary/aromatic N) is 2. The van der Waals surface area contributed by atoms with Crippen molar-refractivity contribution in [3.63, 3.8) is 0 Å². The number of nitrogens with one attached hydrogen (secondary N) is 1. The molecule has 0 bridgehead atoms. The lowest BCUT2D eigenvalue weighted by Gasteiger charge is -2.29. The minimum absolute atomic E-state index is 0.149. The van der Waals surface area contributed by atoms with Gasteiger partial charge in [0.1, 0.15) is 11.6 Å². The lowest BCUT2D eigenvalue weighted by atomic mass is 10.1. The smallest absolute Gasteiger partial charge is 0.228 e. The van der Waals surface area contributed by atoms with E-state index in [1.807, 2.05) is 11.0 Å². The third-order valence-corrected chi connectivity index (χ3v) is 5.74. The maximum Gasteiger partial charge on any atom is 0.228 e. The van der Waals surface area contributed by atoms with Crippen LogP contribution >= 0.6 is 11.8 Å². The van der Waals surface area contributed by atoms with Crippen LogP contribution in [0.4, 0.5) is 20.3 Å². The summed E-state index contributed by atoms with van der Waals surface area (Å²) in [6.07, 6.45) is -0.394. The van der Waals surface area contributed by atoms with Gasteiger partial charge in [-0.25, -0.2) is 13.8 Å². The van der Waals surface area contributed by atoms with Crippen molar-refractivity contribution in [2.75, 3.05) is 55.5 Å². The van der Waals surface area contributed by atoms with E-state index in [1.165, 1.54) is 11.8 Å². The zero-order valence-electron chi connectivity index (χ0n) is 16.8. The molecule has 3 heterocycles. The van der Waals surface area contributed by atoms with Crippen molar-refractivity contribution in [3.8, 4) is 0 Å². The van der Waals surface area contributed by atoms with Gasteiger partial charge < -0.3 is 24.4 Å². The molecule has 2 aliphatic heterocycles. The lowest BCUT2D eigenvalue weighted by molar-refractivity contribution is -0.115. The first kappa shape index (κ1) is 21.9. The van der Waals surface area contributed by atoms with Gasteiger partial charge in [-0.05, 0) is 29.8 Å². The Balaban J connectivity index is 1.48. The summed E-state index contributed by atoms with van der Waals surface area (Å²) in [5.74, 6) is -0.549. The normalized spacial score (nSPS) is 17.2. The van der Waals surface area contributed by atoms with Gasteiger partial charge in [-0.15, -0.1) is 11.8 Å². The minimum Gasteiger partial charge on any atom is -0.378 e. The third kappa shape index (κ3) is 6.13. The van der Waals surface area contributed by atoms with Gasteiger partial charge in [0.2, 0.25) is 5.91 Å². The molecule has 0 saturated carbocycles. The predicted octanol–water partition coefficient (Wildman–Crippen LogP) is 2.84. The van der Waals surface area contributed by atoms with E-state index in [1.54, 1.807) is 6.07 Å². The van der Waals surface area contributed by atoms with E-state index in [4.69, 9.17) is 19.2 Å². The van der Waals surface area contributed by atoms with Crippen molar-refractivity contribution in [2.24, 2.45) is 0 Å². The number of pyridine rings is 1. The Morgan fingerprint density at radius 3 is 2.52 bits per heavy atom. The molecule has 166 valence electrons. The molecule has 0 atom stereocenters.